The van der Waals surface area contributed by atoms with Crippen LogP contribution < -0.4 is 22.1 Å². The number of benzene rings is 2. The maximum atomic E-state index is 12.2. The number of unbranched alkanes of at least 4 members (excludes halogenated alkanes) is 1. The summed E-state index contributed by atoms with van der Waals surface area (Å²) in [5.74, 6) is -0.0989. The van der Waals surface area contributed by atoms with Crippen LogP contribution in [0.15, 0.2) is 78.3 Å². The third kappa shape index (κ3) is 9.89. The highest BCUT2D eigenvalue weighted by Crippen LogP contribution is 2.19. The first-order chi connectivity index (χ1) is 17.4. The van der Waals surface area contributed by atoms with E-state index in [1.807, 2.05) is 42.5 Å². The number of carbonyl (C=O) groups is 2. The van der Waals surface area contributed by atoms with Gasteiger partial charge in [0.25, 0.3) is 0 Å². The van der Waals surface area contributed by atoms with Gasteiger partial charge in [0.15, 0.2) is 0 Å². The van der Waals surface area contributed by atoms with Gasteiger partial charge < -0.3 is 22.1 Å². The number of nitrogens with one attached hydrogen (secondary N) is 2. The lowest BCUT2D eigenvalue weighted by Crippen LogP contribution is -2.28. The Hall–Kier alpha value is -3.69. The molecule has 0 aliphatic rings. The maximum absolute atomic E-state index is 12.2. The van der Waals surface area contributed by atoms with Gasteiger partial charge in [-0.05, 0) is 54.7 Å². The van der Waals surface area contributed by atoms with Crippen LogP contribution in [0.1, 0.15) is 35.4 Å². The molecule has 1 aromatic heterocycles. The van der Waals surface area contributed by atoms with Gasteiger partial charge in [-0.2, -0.15) is 0 Å². The molecule has 1 heterocycles. The van der Waals surface area contributed by atoms with Crippen molar-refractivity contribution in [1.82, 2.24) is 15.5 Å². The van der Waals surface area contributed by atoms with Crippen LogP contribution in [0.4, 0.5) is 5.13 Å². The highest BCUT2D eigenvalue weighted by atomic mass is 35.5. The summed E-state index contributed by atoms with van der Waals surface area (Å²) in [5, 5.41) is 15.5. The fraction of sp³-hybridized carbons (Fsp3) is 0.231. The molecule has 0 aliphatic carbocycles. The summed E-state index contributed by atoms with van der Waals surface area (Å²) >= 11 is 7.32. The number of nitrogens with two attached hydrogens (primary N) is 2. The molecule has 3 rings (SSSR count). The molecule has 8 nitrogen and oxygen atoms in total. The Morgan fingerprint density at radius 1 is 0.917 bits per heavy atom. The predicted octanol–water partition coefficient (Wildman–Crippen LogP) is 4.09. The Bertz CT molecular complexity index is 1230. The summed E-state index contributed by atoms with van der Waals surface area (Å²) in [6.07, 6.45) is 6.92. The topological polar surface area (TPSA) is 136 Å². The minimum absolute atomic E-state index is 0.165. The molecule has 0 fully saturated rings. The fourth-order valence-corrected chi connectivity index (χ4v) is 4.33. The summed E-state index contributed by atoms with van der Waals surface area (Å²) in [7, 11) is 0. The van der Waals surface area contributed by atoms with E-state index in [-0.39, 0.29) is 30.5 Å². The monoisotopic (exact) mass is 524 g/mol. The number of allylic oxidation sites excluding steroid dienone is 3. The van der Waals surface area contributed by atoms with E-state index in [0.717, 1.165) is 35.4 Å². The maximum Gasteiger partial charge on any atom is 0.230 e. The van der Waals surface area contributed by atoms with Crippen LogP contribution in [0.5, 0.6) is 0 Å². The van der Waals surface area contributed by atoms with Crippen LogP contribution >= 0.6 is 22.9 Å². The van der Waals surface area contributed by atoms with Crippen LogP contribution in [-0.2, 0) is 28.9 Å². The third-order valence-corrected chi connectivity index (χ3v) is 6.17. The summed E-state index contributed by atoms with van der Waals surface area (Å²) in [4.78, 5) is 24.3. The molecule has 0 spiro atoms. The van der Waals surface area contributed by atoms with Crippen molar-refractivity contribution in [1.29, 1.82) is 0 Å². The van der Waals surface area contributed by atoms with E-state index in [2.05, 4.69) is 20.8 Å². The Morgan fingerprint density at radius 2 is 1.67 bits per heavy atom. The molecule has 0 saturated carbocycles. The average Bonchev–Trinajstić information content (AvgIpc) is 3.28. The number of aromatic nitrogens is 2. The predicted molar refractivity (Wildman–Crippen MR) is 144 cm³/mol. The zero-order chi connectivity index (χ0) is 25.8. The van der Waals surface area contributed by atoms with E-state index in [1.165, 1.54) is 11.3 Å². The Balaban J connectivity index is 1.34. The van der Waals surface area contributed by atoms with Gasteiger partial charge in [-0.1, -0.05) is 65.4 Å². The molecule has 3 aromatic rings. The number of nitrogens with zero attached hydrogens (tertiary/aromatic N) is 2. The number of rotatable bonds is 12. The lowest BCUT2D eigenvalue weighted by molar-refractivity contribution is -0.119. The van der Waals surface area contributed by atoms with E-state index in [1.54, 1.807) is 24.3 Å². The van der Waals surface area contributed by atoms with Gasteiger partial charge in [0.1, 0.15) is 10.8 Å². The number of halogens is 1. The highest BCUT2D eigenvalue weighted by molar-refractivity contribution is 7.15. The van der Waals surface area contributed by atoms with Crippen LogP contribution in [0.3, 0.4) is 0 Å². The number of hydrogen-bond donors (Lipinski definition) is 4. The van der Waals surface area contributed by atoms with Crippen molar-refractivity contribution in [2.24, 2.45) is 11.5 Å². The van der Waals surface area contributed by atoms with Gasteiger partial charge in [-0.15, -0.1) is 10.2 Å². The van der Waals surface area contributed by atoms with E-state index in [4.69, 9.17) is 23.1 Å². The van der Waals surface area contributed by atoms with Gasteiger partial charge in [-0.3, -0.25) is 9.59 Å². The number of hydrogen-bond acceptors (Lipinski definition) is 7. The quantitative estimate of drug-likeness (QED) is 0.208. The van der Waals surface area contributed by atoms with Crippen molar-refractivity contribution in [3.63, 3.8) is 0 Å². The molecule has 6 N–H and O–H groups in total. The van der Waals surface area contributed by atoms with Crippen molar-refractivity contribution in [2.45, 2.75) is 38.5 Å². The molecule has 188 valence electrons. The van der Waals surface area contributed by atoms with E-state index < -0.39 is 0 Å². The zero-order valence-corrected chi connectivity index (χ0v) is 21.3. The normalized spacial score (nSPS) is 11.8. The molecule has 2 aromatic carbocycles. The van der Waals surface area contributed by atoms with Gasteiger partial charge in [0, 0.05) is 17.1 Å². The summed E-state index contributed by atoms with van der Waals surface area (Å²) in [5.41, 5.74) is 14.3. The number of carbonyl (C=O) groups excluding carboxylic acids is 2. The summed E-state index contributed by atoms with van der Waals surface area (Å²) in [6, 6.07) is 16.6. The highest BCUT2D eigenvalue weighted by Gasteiger charge is 2.09. The molecule has 0 unspecified atom stereocenters. The number of amides is 2. The summed E-state index contributed by atoms with van der Waals surface area (Å²) in [6.45, 7) is 0. The summed E-state index contributed by atoms with van der Waals surface area (Å²) < 4.78 is 0. The second kappa shape index (κ2) is 14.0. The average molecular weight is 525 g/mol. The minimum atomic E-state index is -0.181. The molecule has 0 aliphatic heterocycles. The third-order valence-electron chi connectivity index (χ3n) is 5.04. The second-order valence-electron chi connectivity index (χ2n) is 8.14. The number of aryl methyl sites for hydroxylation is 1. The largest absolute Gasteiger partial charge is 0.402 e. The van der Waals surface area contributed by atoms with Crippen molar-refractivity contribution >= 4 is 39.9 Å². The Morgan fingerprint density at radius 3 is 2.44 bits per heavy atom. The van der Waals surface area contributed by atoms with Crippen molar-refractivity contribution < 1.29 is 9.59 Å². The van der Waals surface area contributed by atoms with Crippen LogP contribution in [0.2, 0.25) is 5.02 Å². The second-order valence-corrected chi connectivity index (χ2v) is 9.64. The zero-order valence-electron chi connectivity index (χ0n) is 19.7. The van der Waals surface area contributed by atoms with Crippen LogP contribution in [0.25, 0.3) is 0 Å². The molecule has 0 atom stereocenters. The molecular formula is C26H29ClN6O2S. The molecule has 0 radical (unpaired) electrons. The SMILES string of the molecule is N/C(=C\C=C(/N)NC(=O)Cc1ccccc1)CCCCc1nnc(NC(=O)Cc2cccc(Cl)c2)s1. The minimum Gasteiger partial charge on any atom is -0.402 e. The Kier molecular flexibility index (Phi) is 10.5. The molecule has 0 saturated heterocycles. The fourth-order valence-electron chi connectivity index (χ4n) is 3.31. The van der Waals surface area contributed by atoms with Gasteiger partial charge in [0.05, 0.1) is 12.8 Å². The van der Waals surface area contributed by atoms with Gasteiger partial charge in [0.2, 0.25) is 16.9 Å². The van der Waals surface area contributed by atoms with Gasteiger partial charge in [-0.25, -0.2) is 0 Å². The van der Waals surface area contributed by atoms with Crippen molar-refractivity contribution in [3.8, 4) is 0 Å². The molecule has 2 amide bonds. The molecular weight excluding hydrogens is 496 g/mol. The molecule has 10 heteroatoms. The van der Waals surface area contributed by atoms with Crippen LogP contribution in [-0.4, -0.2) is 22.0 Å². The van der Waals surface area contributed by atoms with E-state index in [0.29, 0.717) is 22.3 Å². The smallest absolute Gasteiger partial charge is 0.230 e. The van der Waals surface area contributed by atoms with Gasteiger partial charge >= 0.3 is 0 Å². The lowest BCUT2D eigenvalue weighted by Gasteiger charge is -2.05. The van der Waals surface area contributed by atoms with Crippen molar-refractivity contribution in [2.75, 3.05) is 5.32 Å². The van der Waals surface area contributed by atoms with E-state index in [9.17, 15) is 9.59 Å². The standard InChI is InChI=1S/C26H29ClN6O2S/c27-20-10-6-9-19(15-20)17-24(35)31-26-33-32-25(36-26)12-5-4-11-21(28)13-14-22(29)30-23(34)16-18-7-2-1-3-8-18/h1-3,6-10,13-15H,4-5,11-12,16-17,28-29H2,(H,30,34)(H,31,33,35)/b21-13-,22-14+. The van der Waals surface area contributed by atoms with E-state index >= 15 is 0 Å². The van der Waals surface area contributed by atoms with Crippen molar-refractivity contribution in [3.05, 3.63) is 99.4 Å². The van der Waals surface area contributed by atoms with Crippen LogP contribution in [0, 0.1) is 0 Å². The first kappa shape index (κ1) is 26.9. The molecule has 0 bridgehead atoms. The lowest BCUT2D eigenvalue weighted by atomic mass is 10.1. The first-order valence-electron chi connectivity index (χ1n) is 11.5. The number of anilines is 1. The molecule has 36 heavy (non-hydrogen) atoms. The Labute approximate surface area is 219 Å². The first-order valence-corrected chi connectivity index (χ1v) is 12.7.